The molecule has 2 rings (SSSR count). The van der Waals surface area contributed by atoms with E-state index >= 15 is 0 Å². The highest BCUT2D eigenvalue weighted by Crippen LogP contribution is 2.25. The quantitative estimate of drug-likeness (QED) is 0.880. The highest BCUT2D eigenvalue weighted by Gasteiger charge is 2.17. The molecule has 0 aliphatic rings. The van der Waals surface area contributed by atoms with Crippen molar-refractivity contribution in [2.45, 2.75) is 17.6 Å². The summed E-state index contributed by atoms with van der Waals surface area (Å²) in [7, 11) is -3.53. The number of pyridine rings is 1. The molecule has 0 spiro atoms. The van der Waals surface area contributed by atoms with Crippen LogP contribution in [0.4, 0.5) is 5.69 Å². The lowest BCUT2D eigenvalue weighted by Gasteiger charge is -2.08. The summed E-state index contributed by atoms with van der Waals surface area (Å²) >= 11 is 1.24. The molecule has 7 heteroatoms. The molecule has 0 saturated carbocycles. The van der Waals surface area contributed by atoms with Gasteiger partial charge in [-0.1, -0.05) is 0 Å². The summed E-state index contributed by atoms with van der Waals surface area (Å²) in [6, 6.07) is 5.04. The molecule has 0 aromatic carbocycles. The number of aromatic nitrogens is 1. The maximum atomic E-state index is 12.2. The summed E-state index contributed by atoms with van der Waals surface area (Å²) in [5, 5.41) is 0. The molecule has 2 aromatic rings. The molecule has 102 valence electrons. The van der Waals surface area contributed by atoms with Crippen molar-refractivity contribution in [3.05, 3.63) is 41.0 Å². The smallest absolute Gasteiger partial charge is 0.271 e. The van der Waals surface area contributed by atoms with E-state index in [9.17, 15) is 8.42 Å². The predicted molar refractivity (Wildman–Crippen MR) is 76.9 cm³/mol. The van der Waals surface area contributed by atoms with Gasteiger partial charge < -0.3 is 5.73 Å². The molecule has 2 aromatic heterocycles. The van der Waals surface area contributed by atoms with Crippen LogP contribution in [-0.2, 0) is 16.4 Å². The first-order chi connectivity index (χ1) is 9.03. The van der Waals surface area contributed by atoms with Gasteiger partial charge in [-0.3, -0.25) is 9.71 Å². The Hall–Kier alpha value is -1.44. The Labute approximate surface area is 116 Å². The third-order valence-electron chi connectivity index (χ3n) is 2.56. The third kappa shape index (κ3) is 3.31. The van der Waals surface area contributed by atoms with Gasteiger partial charge in [-0.15, -0.1) is 11.3 Å². The van der Waals surface area contributed by atoms with E-state index in [4.69, 9.17) is 5.73 Å². The lowest BCUT2D eigenvalue weighted by Crippen LogP contribution is -2.12. The van der Waals surface area contributed by atoms with E-state index in [0.717, 1.165) is 10.4 Å². The van der Waals surface area contributed by atoms with Crippen molar-refractivity contribution < 1.29 is 8.42 Å². The number of anilines is 1. The molecule has 2 heterocycles. The highest BCUT2D eigenvalue weighted by molar-refractivity contribution is 7.94. The van der Waals surface area contributed by atoms with Crippen molar-refractivity contribution in [1.82, 2.24) is 4.98 Å². The van der Waals surface area contributed by atoms with E-state index < -0.39 is 10.0 Å². The van der Waals surface area contributed by atoms with E-state index in [-0.39, 0.29) is 0 Å². The van der Waals surface area contributed by atoms with Crippen LogP contribution in [0.3, 0.4) is 0 Å². The lowest BCUT2D eigenvalue weighted by molar-refractivity contribution is 0.603. The Morgan fingerprint density at radius 3 is 2.84 bits per heavy atom. The van der Waals surface area contributed by atoms with Gasteiger partial charge in [0.15, 0.2) is 0 Å². The molecule has 3 N–H and O–H groups in total. The Kier molecular flexibility index (Phi) is 4.18. The van der Waals surface area contributed by atoms with Crippen LogP contribution in [0.25, 0.3) is 0 Å². The molecule has 0 aliphatic carbocycles. The zero-order valence-electron chi connectivity index (χ0n) is 10.5. The van der Waals surface area contributed by atoms with Crippen molar-refractivity contribution in [1.29, 1.82) is 0 Å². The second-order valence-electron chi connectivity index (χ2n) is 4.06. The molecule has 0 amide bonds. The Bertz CT molecular complexity index is 665. The molecule has 5 nitrogen and oxygen atoms in total. The minimum Gasteiger partial charge on any atom is -0.330 e. The second kappa shape index (κ2) is 5.68. The average molecular weight is 297 g/mol. The first kappa shape index (κ1) is 14.0. The minimum atomic E-state index is -3.53. The maximum Gasteiger partial charge on any atom is 0.271 e. The largest absolute Gasteiger partial charge is 0.330 e. The molecule has 0 bridgehead atoms. The number of thiophene rings is 1. The predicted octanol–water partition coefficient (Wildman–Crippen LogP) is 1.75. The number of hydrogen-bond acceptors (Lipinski definition) is 5. The maximum absolute atomic E-state index is 12.2. The minimum absolute atomic E-state index is 0.298. The van der Waals surface area contributed by atoms with Crippen LogP contribution in [-0.4, -0.2) is 19.9 Å². The molecule has 0 saturated heterocycles. The molecule has 0 atom stereocenters. The topological polar surface area (TPSA) is 85.1 Å². The van der Waals surface area contributed by atoms with E-state index in [2.05, 4.69) is 9.71 Å². The Morgan fingerprint density at radius 2 is 2.16 bits per heavy atom. The lowest BCUT2D eigenvalue weighted by atomic mass is 10.3. The van der Waals surface area contributed by atoms with Crippen LogP contribution in [0.2, 0.25) is 0 Å². The molecule has 0 aliphatic heterocycles. The Balaban J connectivity index is 2.25. The van der Waals surface area contributed by atoms with Gasteiger partial charge in [0.25, 0.3) is 10.0 Å². The van der Waals surface area contributed by atoms with Crippen LogP contribution in [0.15, 0.2) is 34.8 Å². The number of hydrogen-bond donors (Lipinski definition) is 2. The van der Waals surface area contributed by atoms with Crippen molar-refractivity contribution in [3.63, 3.8) is 0 Å². The van der Waals surface area contributed by atoms with Crippen LogP contribution < -0.4 is 10.5 Å². The monoisotopic (exact) mass is 297 g/mol. The van der Waals surface area contributed by atoms with Crippen LogP contribution in [0.5, 0.6) is 0 Å². The number of nitrogens with zero attached hydrogens (tertiary/aromatic N) is 1. The first-order valence-corrected chi connectivity index (χ1v) is 8.05. The fraction of sp³-hybridized carbons (Fsp3) is 0.250. The summed E-state index contributed by atoms with van der Waals surface area (Å²) in [6.07, 6.45) is 3.86. The number of nitrogens with one attached hydrogen (secondary N) is 1. The summed E-state index contributed by atoms with van der Waals surface area (Å²) < 4.78 is 27.3. The Morgan fingerprint density at radius 1 is 1.37 bits per heavy atom. The third-order valence-corrected chi connectivity index (χ3v) is 5.56. The summed E-state index contributed by atoms with van der Waals surface area (Å²) in [5.74, 6) is 0. The zero-order valence-corrected chi connectivity index (χ0v) is 12.1. The fourth-order valence-corrected chi connectivity index (χ4v) is 4.06. The summed E-state index contributed by atoms with van der Waals surface area (Å²) in [6.45, 7) is 2.32. The van der Waals surface area contributed by atoms with E-state index in [1.54, 1.807) is 37.5 Å². The second-order valence-corrected chi connectivity index (χ2v) is 7.13. The van der Waals surface area contributed by atoms with Crippen molar-refractivity contribution in [2.75, 3.05) is 11.3 Å². The van der Waals surface area contributed by atoms with E-state index in [1.807, 2.05) is 0 Å². The van der Waals surface area contributed by atoms with E-state index in [1.165, 1.54) is 11.3 Å². The fourth-order valence-electron chi connectivity index (χ4n) is 1.56. The van der Waals surface area contributed by atoms with Gasteiger partial charge in [0, 0.05) is 17.3 Å². The average Bonchev–Trinajstić information content (AvgIpc) is 2.82. The van der Waals surface area contributed by atoms with Crippen LogP contribution in [0, 0.1) is 6.92 Å². The van der Waals surface area contributed by atoms with Crippen LogP contribution >= 0.6 is 11.3 Å². The van der Waals surface area contributed by atoms with Gasteiger partial charge in [0.2, 0.25) is 0 Å². The number of nitrogens with two attached hydrogens (primary N) is 1. The van der Waals surface area contributed by atoms with Gasteiger partial charge in [-0.25, -0.2) is 8.42 Å². The molecular weight excluding hydrogens is 282 g/mol. The zero-order chi connectivity index (χ0) is 13.9. The molecule has 0 radical (unpaired) electrons. The van der Waals surface area contributed by atoms with Crippen molar-refractivity contribution in [3.8, 4) is 0 Å². The molecule has 0 fully saturated rings. The standard InChI is InChI=1S/C12H15N3O2S2/c1-9-8-14-7-5-11(9)15-19(16,17)12-3-2-10(18-12)4-6-13/h2-3,5,7-8H,4,6,13H2,1H3,(H,14,15). The van der Waals surface area contributed by atoms with Crippen molar-refractivity contribution in [2.24, 2.45) is 5.73 Å². The number of rotatable bonds is 5. The van der Waals surface area contributed by atoms with Gasteiger partial charge in [0.05, 0.1) is 5.69 Å². The summed E-state index contributed by atoms with van der Waals surface area (Å²) in [5.41, 5.74) is 6.78. The first-order valence-electron chi connectivity index (χ1n) is 5.75. The SMILES string of the molecule is Cc1cnccc1NS(=O)(=O)c1ccc(CCN)s1. The van der Waals surface area contributed by atoms with Gasteiger partial charge in [0.1, 0.15) is 4.21 Å². The molecular formula is C12H15N3O2S2. The normalized spacial score (nSPS) is 11.5. The van der Waals surface area contributed by atoms with Crippen LogP contribution in [0.1, 0.15) is 10.4 Å². The number of aryl methyl sites for hydroxylation is 1. The van der Waals surface area contributed by atoms with E-state index in [0.29, 0.717) is 22.9 Å². The number of sulfonamides is 1. The molecule has 19 heavy (non-hydrogen) atoms. The molecule has 0 unspecified atom stereocenters. The highest BCUT2D eigenvalue weighted by atomic mass is 32.2. The van der Waals surface area contributed by atoms with Gasteiger partial charge in [-0.2, -0.15) is 0 Å². The van der Waals surface area contributed by atoms with Gasteiger partial charge >= 0.3 is 0 Å². The summed E-state index contributed by atoms with van der Waals surface area (Å²) in [4.78, 5) is 4.90. The van der Waals surface area contributed by atoms with Crippen molar-refractivity contribution >= 4 is 27.0 Å². The van der Waals surface area contributed by atoms with Gasteiger partial charge in [-0.05, 0) is 43.7 Å².